The van der Waals surface area contributed by atoms with Gasteiger partial charge in [0, 0.05) is 17.7 Å². The molecule has 0 radical (unpaired) electrons. The van der Waals surface area contributed by atoms with E-state index in [1.165, 1.54) is 0 Å². The fraction of sp³-hybridized carbons (Fsp3) is 0.412. The van der Waals surface area contributed by atoms with Gasteiger partial charge in [-0.3, -0.25) is 9.78 Å². The first kappa shape index (κ1) is 13.3. The quantitative estimate of drug-likeness (QED) is 0.808. The monoisotopic (exact) mass is 269 g/mol. The molecule has 1 fully saturated rings. The summed E-state index contributed by atoms with van der Waals surface area (Å²) in [5.41, 5.74) is 1.77. The van der Waals surface area contributed by atoms with Gasteiger partial charge < -0.3 is 4.74 Å². The Hall–Kier alpha value is -1.74. The van der Waals surface area contributed by atoms with Gasteiger partial charge in [0.1, 0.15) is 6.10 Å². The molecule has 3 rings (SSSR count). The number of ketones is 1. The zero-order valence-corrected chi connectivity index (χ0v) is 11.7. The molecule has 20 heavy (non-hydrogen) atoms. The van der Waals surface area contributed by atoms with Crippen molar-refractivity contribution in [2.24, 2.45) is 5.92 Å². The Bertz CT molecular complexity index is 619. The lowest BCUT2D eigenvalue weighted by Gasteiger charge is -2.14. The number of ether oxygens (including phenoxy) is 1. The number of carbonyl (C=O) groups excluding carboxylic acids is 1. The van der Waals surface area contributed by atoms with Crippen molar-refractivity contribution in [3.8, 4) is 0 Å². The summed E-state index contributed by atoms with van der Waals surface area (Å²) >= 11 is 0. The number of para-hydroxylation sites is 1. The zero-order valence-electron chi connectivity index (χ0n) is 11.7. The summed E-state index contributed by atoms with van der Waals surface area (Å²) in [6.07, 6.45) is 2.36. The minimum absolute atomic E-state index is 0.164. The summed E-state index contributed by atoms with van der Waals surface area (Å²) in [5.74, 6) is 0.597. The van der Waals surface area contributed by atoms with E-state index < -0.39 is 0 Å². The fourth-order valence-corrected chi connectivity index (χ4v) is 2.56. The Morgan fingerprint density at radius 1 is 1.30 bits per heavy atom. The van der Waals surface area contributed by atoms with E-state index in [9.17, 15) is 4.79 Å². The van der Waals surface area contributed by atoms with Crippen molar-refractivity contribution in [1.29, 1.82) is 0 Å². The van der Waals surface area contributed by atoms with Gasteiger partial charge in [-0.15, -0.1) is 0 Å². The van der Waals surface area contributed by atoms with E-state index in [0.29, 0.717) is 18.9 Å². The number of benzene rings is 1. The van der Waals surface area contributed by atoms with Gasteiger partial charge in [0.05, 0.1) is 11.9 Å². The molecule has 3 nitrogen and oxygen atoms in total. The lowest BCUT2D eigenvalue weighted by molar-refractivity contribution is -0.131. The molecule has 1 unspecified atom stereocenters. The maximum atomic E-state index is 12.4. The smallest absolute Gasteiger partial charge is 0.167 e. The Labute approximate surface area is 119 Å². The highest BCUT2D eigenvalue weighted by atomic mass is 16.5. The van der Waals surface area contributed by atoms with Crippen LogP contribution >= 0.6 is 0 Å². The summed E-state index contributed by atoms with van der Waals surface area (Å²) in [4.78, 5) is 16.9. The van der Waals surface area contributed by atoms with Crippen molar-refractivity contribution in [2.45, 2.75) is 32.3 Å². The molecule has 0 saturated heterocycles. The number of aromatic nitrogens is 1. The number of hydrogen-bond acceptors (Lipinski definition) is 3. The molecule has 0 spiro atoms. The van der Waals surface area contributed by atoms with E-state index >= 15 is 0 Å². The van der Waals surface area contributed by atoms with Crippen molar-refractivity contribution in [1.82, 2.24) is 4.98 Å². The van der Waals surface area contributed by atoms with Crippen LogP contribution in [0.15, 0.2) is 36.4 Å². The molecule has 1 saturated carbocycles. The van der Waals surface area contributed by atoms with Gasteiger partial charge in [0.25, 0.3) is 0 Å². The molecule has 3 heteroatoms. The second kappa shape index (κ2) is 5.71. The molecular formula is C17H19NO2. The molecule has 104 valence electrons. The van der Waals surface area contributed by atoms with Crippen LogP contribution in [0.4, 0.5) is 0 Å². The molecule has 1 aromatic heterocycles. The topological polar surface area (TPSA) is 39.2 Å². The van der Waals surface area contributed by atoms with Gasteiger partial charge in [-0.05, 0) is 37.8 Å². The molecule has 1 aliphatic carbocycles. The van der Waals surface area contributed by atoms with E-state index in [1.807, 2.05) is 43.3 Å². The van der Waals surface area contributed by atoms with Gasteiger partial charge in [0.2, 0.25) is 0 Å². The third kappa shape index (κ3) is 2.88. The lowest BCUT2D eigenvalue weighted by atomic mass is 10.1. The highest BCUT2D eigenvalue weighted by Crippen LogP contribution is 2.35. The number of rotatable bonds is 6. The summed E-state index contributed by atoms with van der Waals surface area (Å²) in [5, 5.41) is 1.10. The minimum atomic E-state index is -0.228. The molecule has 1 atom stereocenters. The standard InChI is InChI=1S/C17H19NO2/c1-2-20-17(13-7-8-13)16(19)11-14-10-9-12-5-3-4-6-15(12)18-14/h3-6,9-10,13,17H,2,7-8,11H2,1H3. The van der Waals surface area contributed by atoms with Crippen molar-refractivity contribution >= 4 is 16.7 Å². The highest BCUT2D eigenvalue weighted by Gasteiger charge is 2.36. The van der Waals surface area contributed by atoms with Crippen molar-refractivity contribution < 1.29 is 9.53 Å². The first-order chi connectivity index (χ1) is 9.78. The van der Waals surface area contributed by atoms with Gasteiger partial charge in [-0.25, -0.2) is 0 Å². The Morgan fingerprint density at radius 2 is 2.10 bits per heavy atom. The van der Waals surface area contributed by atoms with Crippen LogP contribution in [0.2, 0.25) is 0 Å². The van der Waals surface area contributed by atoms with Crippen LogP contribution in [-0.4, -0.2) is 23.5 Å². The summed E-state index contributed by atoms with van der Waals surface area (Å²) in [7, 11) is 0. The summed E-state index contributed by atoms with van der Waals surface area (Å²) < 4.78 is 5.61. The van der Waals surface area contributed by atoms with E-state index in [4.69, 9.17) is 4.74 Å². The van der Waals surface area contributed by atoms with Crippen LogP contribution < -0.4 is 0 Å². The summed E-state index contributed by atoms with van der Waals surface area (Å²) in [6.45, 7) is 2.54. The Balaban J connectivity index is 1.76. The average molecular weight is 269 g/mol. The zero-order chi connectivity index (χ0) is 13.9. The Morgan fingerprint density at radius 3 is 2.85 bits per heavy atom. The minimum Gasteiger partial charge on any atom is -0.370 e. The van der Waals surface area contributed by atoms with Crippen LogP contribution in [0.25, 0.3) is 10.9 Å². The second-order valence-electron chi connectivity index (χ2n) is 5.35. The predicted octanol–water partition coefficient (Wildman–Crippen LogP) is 3.16. The number of nitrogens with zero attached hydrogens (tertiary/aromatic N) is 1. The number of pyridine rings is 1. The number of carbonyl (C=O) groups is 1. The Kier molecular flexibility index (Phi) is 3.79. The summed E-state index contributed by atoms with van der Waals surface area (Å²) in [6, 6.07) is 11.9. The largest absolute Gasteiger partial charge is 0.370 e. The maximum absolute atomic E-state index is 12.4. The normalized spacial score (nSPS) is 16.2. The first-order valence-electron chi connectivity index (χ1n) is 7.27. The second-order valence-corrected chi connectivity index (χ2v) is 5.35. The molecule has 0 amide bonds. The van der Waals surface area contributed by atoms with E-state index in [1.54, 1.807) is 0 Å². The lowest BCUT2D eigenvalue weighted by Crippen LogP contribution is -2.28. The van der Waals surface area contributed by atoms with Crippen LogP contribution in [0.5, 0.6) is 0 Å². The average Bonchev–Trinajstić information content (AvgIpc) is 3.29. The molecule has 1 aromatic carbocycles. The van der Waals surface area contributed by atoms with Gasteiger partial charge in [-0.2, -0.15) is 0 Å². The molecule has 2 aromatic rings. The van der Waals surface area contributed by atoms with Gasteiger partial charge in [0.15, 0.2) is 5.78 Å². The molecule has 0 aliphatic heterocycles. The molecular weight excluding hydrogens is 250 g/mol. The van der Waals surface area contributed by atoms with E-state index in [-0.39, 0.29) is 11.9 Å². The van der Waals surface area contributed by atoms with Crippen LogP contribution in [0.3, 0.4) is 0 Å². The molecule has 1 aliphatic rings. The third-order valence-electron chi connectivity index (χ3n) is 3.73. The molecule has 1 heterocycles. The van der Waals surface area contributed by atoms with Gasteiger partial charge in [-0.1, -0.05) is 24.3 Å². The number of hydrogen-bond donors (Lipinski definition) is 0. The predicted molar refractivity (Wildman–Crippen MR) is 78.6 cm³/mol. The van der Waals surface area contributed by atoms with Crippen LogP contribution in [0, 0.1) is 5.92 Å². The van der Waals surface area contributed by atoms with Crippen LogP contribution in [-0.2, 0) is 16.0 Å². The molecule has 0 N–H and O–H groups in total. The maximum Gasteiger partial charge on any atom is 0.167 e. The first-order valence-corrected chi connectivity index (χ1v) is 7.27. The van der Waals surface area contributed by atoms with Crippen molar-refractivity contribution in [2.75, 3.05) is 6.61 Å². The highest BCUT2D eigenvalue weighted by molar-refractivity contribution is 5.86. The van der Waals surface area contributed by atoms with Gasteiger partial charge >= 0.3 is 0 Å². The number of fused-ring (bicyclic) bond motifs is 1. The SMILES string of the molecule is CCOC(C(=O)Cc1ccc2ccccc2n1)C1CC1. The van der Waals surface area contributed by atoms with E-state index in [2.05, 4.69) is 4.98 Å². The van der Waals surface area contributed by atoms with E-state index in [0.717, 1.165) is 29.4 Å². The fourth-order valence-electron chi connectivity index (χ4n) is 2.56. The third-order valence-corrected chi connectivity index (χ3v) is 3.73. The van der Waals surface area contributed by atoms with Crippen molar-refractivity contribution in [3.05, 3.63) is 42.1 Å². The van der Waals surface area contributed by atoms with Crippen molar-refractivity contribution in [3.63, 3.8) is 0 Å². The molecule has 0 bridgehead atoms. The van der Waals surface area contributed by atoms with Crippen LogP contribution in [0.1, 0.15) is 25.5 Å². The number of Topliss-reactive ketones (excluding diaryl/α,β-unsaturated/α-hetero) is 1.